The predicted molar refractivity (Wildman–Crippen MR) is 89.9 cm³/mol. The largest absolute Gasteiger partial charge is 0.343 e. The van der Waals surface area contributed by atoms with E-state index in [1.54, 1.807) is 6.92 Å². The van der Waals surface area contributed by atoms with Gasteiger partial charge in [-0.25, -0.2) is 0 Å². The number of Topliss-reactive ketones (excluding diaryl/α,β-unsaturated/α-hetero) is 1. The van der Waals surface area contributed by atoms with Gasteiger partial charge < -0.3 is 4.90 Å². The van der Waals surface area contributed by atoms with Gasteiger partial charge in [0.25, 0.3) is 0 Å². The zero-order valence-corrected chi connectivity index (χ0v) is 14.8. The summed E-state index contributed by atoms with van der Waals surface area (Å²) in [7, 11) is 0. The summed E-state index contributed by atoms with van der Waals surface area (Å²) in [4.78, 5) is 29.6. The van der Waals surface area contributed by atoms with Crippen molar-refractivity contribution in [1.82, 2.24) is 14.7 Å². The molecule has 2 rings (SSSR count). The van der Waals surface area contributed by atoms with E-state index in [9.17, 15) is 9.59 Å². The van der Waals surface area contributed by atoms with Gasteiger partial charge in [0.15, 0.2) is 0 Å². The molecule has 0 radical (unpaired) electrons. The molecular weight excluding hydrogens is 278 g/mol. The molecule has 5 heteroatoms. The third kappa shape index (κ3) is 5.69. The van der Waals surface area contributed by atoms with Gasteiger partial charge in [0.2, 0.25) is 5.91 Å². The molecule has 0 atom stereocenters. The van der Waals surface area contributed by atoms with Crippen LogP contribution < -0.4 is 0 Å². The molecule has 0 N–H and O–H groups in total. The smallest absolute Gasteiger partial charge is 0.222 e. The Kier molecular flexibility index (Phi) is 8.64. The molecule has 2 aliphatic rings. The number of carbonyl (C=O) groups excluding carboxylic acids is 2. The van der Waals surface area contributed by atoms with Crippen molar-refractivity contribution >= 4 is 11.7 Å². The van der Waals surface area contributed by atoms with E-state index in [1.807, 2.05) is 25.7 Å². The molecule has 5 nitrogen and oxygen atoms in total. The van der Waals surface area contributed by atoms with E-state index in [2.05, 4.69) is 9.80 Å². The van der Waals surface area contributed by atoms with Crippen LogP contribution in [-0.2, 0) is 9.59 Å². The number of piperidine rings is 1. The van der Waals surface area contributed by atoms with Crippen LogP contribution in [0.5, 0.6) is 0 Å². The van der Waals surface area contributed by atoms with E-state index < -0.39 is 0 Å². The molecule has 128 valence electrons. The summed E-state index contributed by atoms with van der Waals surface area (Å²) in [6, 6.07) is 0.621. The minimum Gasteiger partial charge on any atom is -0.343 e. The molecule has 2 fully saturated rings. The van der Waals surface area contributed by atoms with Crippen LogP contribution in [0.15, 0.2) is 0 Å². The summed E-state index contributed by atoms with van der Waals surface area (Å²) < 4.78 is 0. The van der Waals surface area contributed by atoms with Crippen LogP contribution in [0.1, 0.15) is 47.0 Å². The van der Waals surface area contributed by atoms with Crippen molar-refractivity contribution in [3.05, 3.63) is 0 Å². The van der Waals surface area contributed by atoms with Gasteiger partial charge in [0.1, 0.15) is 5.78 Å². The lowest BCUT2D eigenvalue weighted by atomic mass is 10.0. The number of piperazine rings is 1. The predicted octanol–water partition coefficient (Wildman–Crippen LogP) is 1.62. The molecule has 2 heterocycles. The molecule has 0 unspecified atom stereocenters. The van der Waals surface area contributed by atoms with E-state index in [0.717, 1.165) is 52.1 Å². The van der Waals surface area contributed by atoms with Crippen molar-refractivity contribution in [3.8, 4) is 0 Å². The van der Waals surface area contributed by atoms with Crippen molar-refractivity contribution in [2.75, 3.05) is 45.8 Å². The SMILES string of the molecule is CC.CCC(=O)N1CCC(N2CCN(CC(C)=O)CC2)CC1. The quantitative estimate of drug-likeness (QED) is 0.791. The molecular formula is C17H33N3O2. The van der Waals surface area contributed by atoms with Crippen molar-refractivity contribution in [1.29, 1.82) is 0 Å². The molecule has 0 aromatic carbocycles. The summed E-state index contributed by atoms with van der Waals surface area (Å²) in [5.74, 6) is 0.541. The van der Waals surface area contributed by atoms with E-state index in [-0.39, 0.29) is 11.7 Å². The van der Waals surface area contributed by atoms with Crippen LogP contribution in [0, 0.1) is 0 Å². The fourth-order valence-electron chi connectivity index (χ4n) is 3.31. The third-order valence-electron chi connectivity index (χ3n) is 4.49. The van der Waals surface area contributed by atoms with Crippen molar-refractivity contribution in [2.45, 2.75) is 53.0 Å². The molecule has 0 spiro atoms. The van der Waals surface area contributed by atoms with Gasteiger partial charge >= 0.3 is 0 Å². The summed E-state index contributed by atoms with van der Waals surface area (Å²) in [5.41, 5.74) is 0. The van der Waals surface area contributed by atoms with E-state index in [1.165, 1.54) is 0 Å². The zero-order valence-electron chi connectivity index (χ0n) is 14.8. The summed E-state index contributed by atoms with van der Waals surface area (Å²) in [6.07, 6.45) is 2.81. The molecule has 0 bridgehead atoms. The molecule has 0 saturated carbocycles. The first-order valence-corrected chi connectivity index (χ1v) is 8.83. The van der Waals surface area contributed by atoms with E-state index in [0.29, 0.717) is 19.0 Å². The standard InChI is InChI=1S/C15H27N3O2.C2H6/c1-3-15(20)18-6-4-14(5-7-18)17-10-8-16(9-11-17)12-13(2)19;1-2/h14H,3-12H2,1-2H3;1-2H3. The Hall–Kier alpha value is -0.940. The highest BCUT2D eigenvalue weighted by Crippen LogP contribution is 2.18. The first-order chi connectivity index (χ1) is 10.6. The number of ketones is 1. The Morgan fingerprint density at radius 3 is 1.95 bits per heavy atom. The number of hydrogen-bond acceptors (Lipinski definition) is 4. The topological polar surface area (TPSA) is 43.9 Å². The van der Waals surface area contributed by atoms with Crippen LogP contribution in [0.4, 0.5) is 0 Å². The van der Waals surface area contributed by atoms with Gasteiger partial charge in [-0.05, 0) is 19.8 Å². The lowest BCUT2D eigenvalue weighted by molar-refractivity contribution is -0.132. The Balaban J connectivity index is 0.00000116. The molecule has 2 aliphatic heterocycles. The lowest BCUT2D eigenvalue weighted by Gasteiger charge is -2.42. The highest BCUT2D eigenvalue weighted by Gasteiger charge is 2.28. The van der Waals surface area contributed by atoms with E-state index in [4.69, 9.17) is 0 Å². The summed E-state index contributed by atoms with van der Waals surface area (Å²) >= 11 is 0. The maximum absolute atomic E-state index is 11.7. The highest BCUT2D eigenvalue weighted by molar-refractivity contribution is 5.77. The van der Waals surface area contributed by atoms with Crippen molar-refractivity contribution < 1.29 is 9.59 Å². The molecule has 0 aromatic heterocycles. The molecule has 0 aromatic rings. The fourth-order valence-corrected chi connectivity index (χ4v) is 3.31. The van der Waals surface area contributed by atoms with Crippen LogP contribution in [-0.4, -0.2) is 78.2 Å². The normalized spacial score (nSPS) is 21.2. The van der Waals surface area contributed by atoms with Gasteiger partial charge in [-0.1, -0.05) is 20.8 Å². The Morgan fingerprint density at radius 1 is 0.955 bits per heavy atom. The van der Waals surface area contributed by atoms with Crippen LogP contribution in [0.25, 0.3) is 0 Å². The number of hydrogen-bond donors (Lipinski definition) is 0. The number of carbonyl (C=O) groups is 2. The second-order valence-electron chi connectivity index (χ2n) is 5.98. The van der Waals surface area contributed by atoms with Crippen molar-refractivity contribution in [3.63, 3.8) is 0 Å². The average molecular weight is 311 g/mol. The minimum absolute atomic E-state index is 0.254. The lowest BCUT2D eigenvalue weighted by Crippen LogP contribution is -2.54. The Bertz CT molecular complexity index is 344. The summed E-state index contributed by atoms with van der Waals surface area (Å²) in [6.45, 7) is 14.1. The third-order valence-corrected chi connectivity index (χ3v) is 4.49. The molecule has 0 aliphatic carbocycles. The number of likely N-dealkylation sites (tertiary alicyclic amines) is 1. The molecule has 22 heavy (non-hydrogen) atoms. The maximum Gasteiger partial charge on any atom is 0.222 e. The van der Waals surface area contributed by atoms with Crippen molar-refractivity contribution in [2.24, 2.45) is 0 Å². The number of rotatable bonds is 4. The van der Waals surface area contributed by atoms with Crippen LogP contribution >= 0.6 is 0 Å². The van der Waals surface area contributed by atoms with Crippen LogP contribution in [0.3, 0.4) is 0 Å². The number of amides is 1. The first-order valence-electron chi connectivity index (χ1n) is 8.83. The Morgan fingerprint density at radius 2 is 1.50 bits per heavy atom. The number of nitrogens with zero attached hydrogens (tertiary/aromatic N) is 3. The monoisotopic (exact) mass is 311 g/mol. The fraction of sp³-hybridized carbons (Fsp3) is 0.882. The second kappa shape index (κ2) is 9.95. The van der Waals surface area contributed by atoms with Gasteiger partial charge in [-0.15, -0.1) is 0 Å². The maximum atomic E-state index is 11.7. The van der Waals surface area contributed by atoms with Crippen LogP contribution in [0.2, 0.25) is 0 Å². The minimum atomic E-state index is 0.254. The molecule has 2 saturated heterocycles. The van der Waals surface area contributed by atoms with Gasteiger partial charge in [0.05, 0.1) is 6.54 Å². The zero-order chi connectivity index (χ0) is 16.5. The van der Waals surface area contributed by atoms with E-state index >= 15 is 0 Å². The van der Waals surface area contributed by atoms with Gasteiger partial charge in [0, 0.05) is 51.7 Å². The second-order valence-corrected chi connectivity index (χ2v) is 5.98. The summed E-state index contributed by atoms with van der Waals surface area (Å²) in [5, 5.41) is 0. The van der Waals surface area contributed by atoms with Gasteiger partial charge in [-0.2, -0.15) is 0 Å². The first kappa shape index (κ1) is 19.1. The highest BCUT2D eigenvalue weighted by atomic mass is 16.2. The van der Waals surface area contributed by atoms with Gasteiger partial charge in [-0.3, -0.25) is 19.4 Å². The molecule has 1 amide bonds. The average Bonchev–Trinajstić information content (AvgIpc) is 2.56. The Labute approximate surface area is 135 Å².